The number of carboxylic acids is 1. The monoisotopic (exact) mass is 212 g/mol. The van der Waals surface area contributed by atoms with Gasteiger partial charge in [-0.2, -0.15) is 5.10 Å². The Bertz CT molecular complexity index is 363. The number of aliphatic hydroxyl groups excluding tert-OH is 1. The molecule has 1 atom stereocenters. The lowest BCUT2D eigenvalue weighted by atomic mass is 9.83. The van der Waals surface area contributed by atoms with Gasteiger partial charge in [-0.05, 0) is 13.0 Å². The van der Waals surface area contributed by atoms with Gasteiger partial charge in [0.2, 0.25) is 0 Å². The van der Waals surface area contributed by atoms with Gasteiger partial charge in [0.1, 0.15) is 0 Å². The first kappa shape index (κ1) is 11.7. The molecule has 15 heavy (non-hydrogen) atoms. The van der Waals surface area contributed by atoms with Crippen LogP contribution in [-0.4, -0.2) is 32.1 Å². The van der Waals surface area contributed by atoms with Gasteiger partial charge in [-0.1, -0.05) is 13.8 Å². The number of aromatic nitrogens is 2. The fourth-order valence-electron chi connectivity index (χ4n) is 1.32. The predicted octanol–water partition coefficient (Wildman–Crippen LogP) is 0.452. The first-order chi connectivity index (χ1) is 6.76. The zero-order valence-electron chi connectivity index (χ0n) is 9.35. The highest BCUT2D eigenvalue weighted by Gasteiger charge is 2.37. The van der Waals surface area contributed by atoms with Gasteiger partial charge in [0.05, 0.1) is 5.69 Å². The van der Waals surface area contributed by atoms with Crippen molar-refractivity contribution in [3.63, 3.8) is 0 Å². The molecule has 84 valence electrons. The van der Waals surface area contributed by atoms with Crippen LogP contribution in [-0.2, 0) is 17.3 Å². The number of rotatable bonds is 3. The number of aliphatic carboxylic acids is 1. The Balaban J connectivity index is 3.10. The average Bonchev–Trinajstić information content (AvgIpc) is 2.46. The lowest BCUT2D eigenvalue weighted by Crippen LogP contribution is -2.40. The molecule has 5 heteroatoms. The normalized spacial score (nSPS) is 13.9. The third-order valence-corrected chi connectivity index (χ3v) is 2.69. The number of aliphatic hydroxyl groups is 1. The molecule has 0 aliphatic rings. The molecule has 0 aromatic carbocycles. The highest BCUT2D eigenvalue weighted by atomic mass is 16.4. The SMILES string of the molecule is Cc1cc(C(C)(C)C(O)C(=O)O)nn1C. The van der Waals surface area contributed by atoms with Crippen molar-refractivity contribution < 1.29 is 15.0 Å². The Morgan fingerprint density at radius 1 is 1.60 bits per heavy atom. The first-order valence-electron chi connectivity index (χ1n) is 4.69. The standard InChI is InChI=1S/C10H16N2O3/c1-6-5-7(11-12(6)4)10(2,3)8(13)9(14)15/h5,8,13H,1-4H3,(H,14,15). The molecule has 0 saturated heterocycles. The maximum Gasteiger partial charge on any atom is 0.333 e. The lowest BCUT2D eigenvalue weighted by molar-refractivity contribution is -0.150. The summed E-state index contributed by atoms with van der Waals surface area (Å²) in [6.45, 7) is 5.20. The van der Waals surface area contributed by atoms with Crippen molar-refractivity contribution in [3.05, 3.63) is 17.5 Å². The van der Waals surface area contributed by atoms with Crippen molar-refractivity contribution in [1.82, 2.24) is 9.78 Å². The molecule has 0 fully saturated rings. The van der Waals surface area contributed by atoms with E-state index in [4.69, 9.17) is 5.11 Å². The van der Waals surface area contributed by atoms with E-state index in [0.29, 0.717) is 5.69 Å². The maximum atomic E-state index is 10.7. The van der Waals surface area contributed by atoms with Gasteiger partial charge in [0.15, 0.2) is 6.10 Å². The van der Waals surface area contributed by atoms with Crippen molar-refractivity contribution in [2.45, 2.75) is 32.3 Å². The van der Waals surface area contributed by atoms with E-state index in [9.17, 15) is 9.90 Å². The van der Waals surface area contributed by atoms with E-state index in [-0.39, 0.29) is 0 Å². The molecular formula is C10H16N2O3. The largest absolute Gasteiger partial charge is 0.479 e. The molecule has 1 heterocycles. The van der Waals surface area contributed by atoms with Crippen molar-refractivity contribution in [2.75, 3.05) is 0 Å². The van der Waals surface area contributed by atoms with Gasteiger partial charge < -0.3 is 10.2 Å². The molecular weight excluding hydrogens is 196 g/mol. The fraction of sp³-hybridized carbons (Fsp3) is 0.600. The van der Waals surface area contributed by atoms with E-state index in [2.05, 4.69) is 5.10 Å². The Kier molecular flexibility index (Phi) is 2.86. The van der Waals surface area contributed by atoms with Crippen LogP contribution in [0.2, 0.25) is 0 Å². The Morgan fingerprint density at radius 2 is 2.13 bits per heavy atom. The molecule has 0 aliphatic heterocycles. The smallest absolute Gasteiger partial charge is 0.333 e. The average molecular weight is 212 g/mol. The zero-order valence-corrected chi connectivity index (χ0v) is 9.35. The van der Waals surface area contributed by atoms with Crippen LogP contribution in [0.1, 0.15) is 25.2 Å². The number of carbonyl (C=O) groups is 1. The molecule has 0 saturated carbocycles. The van der Waals surface area contributed by atoms with Gasteiger partial charge in [0, 0.05) is 18.2 Å². The minimum atomic E-state index is -1.45. The van der Waals surface area contributed by atoms with Gasteiger partial charge in [-0.3, -0.25) is 4.68 Å². The number of carboxylic acid groups (broad SMARTS) is 1. The van der Waals surface area contributed by atoms with E-state index in [0.717, 1.165) is 5.69 Å². The van der Waals surface area contributed by atoms with Gasteiger partial charge in [-0.25, -0.2) is 4.79 Å². The summed E-state index contributed by atoms with van der Waals surface area (Å²) in [4.78, 5) is 10.7. The van der Waals surface area contributed by atoms with E-state index in [1.807, 2.05) is 6.92 Å². The Labute approximate surface area is 88.3 Å². The molecule has 0 radical (unpaired) electrons. The molecule has 0 amide bonds. The second kappa shape index (κ2) is 3.66. The Morgan fingerprint density at radius 3 is 2.47 bits per heavy atom. The molecule has 1 unspecified atom stereocenters. The number of hydrogen-bond donors (Lipinski definition) is 2. The van der Waals surface area contributed by atoms with E-state index in [1.54, 1.807) is 31.6 Å². The van der Waals surface area contributed by atoms with Crippen LogP contribution >= 0.6 is 0 Å². The summed E-state index contributed by atoms with van der Waals surface area (Å²) >= 11 is 0. The summed E-state index contributed by atoms with van der Waals surface area (Å²) in [6, 6.07) is 1.78. The van der Waals surface area contributed by atoms with Crippen molar-refractivity contribution in [3.8, 4) is 0 Å². The maximum absolute atomic E-state index is 10.7. The van der Waals surface area contributed by atoms with Crippen LogP contribution in [0.25, 0.3) is 0 Å². The fourth-order valence-corrected chi connectivity index (χ4v) is 1.32. The van der Waals surface area contributed by atoms with Crippen molar-refractivity contribution in [2.24, 2.45) is 7.05 Å². The van der Waals surface area contributed by atoms with Crippen LogP contribution in [0.4, 0.5) is 0 Å². The summed E-state index contributed by atoms with van der Waals surface area (Å²) in [7, 11) is 1.78. The van der Waals surface area contributed by atoms with Crippen LogP contribution in [0.15, 0.2) is 6.07 Å². The van der Waals surface area contributed by atoms with Crippen LogP contribution in [0, 0.1) is 6.92 Å². The molecule has 0 aliphatic carbocycles. The molecule has 1 rings (SSSR count). The van der Waals surface area contributed by atoms with Crippen molar-refractivity contribution >= 4 is 5.97 Å². The van der Waals surface area contributed by atoms with Crippen LogP contribution < -0.4 is 0 Å². The van der Waals surface area contributed by atoms with E-state index < -0.39 is 17.5 Å². The number of nitrogens with zero attached hydrogens (tertiary/aromatic N) is 2. The van der Waals surface area contributed by atoms with Crippen LogP contribution in [0.3, 0.4) is 0 Å². The lowest BCUT2D eigenvalue weighted by Gasteiger charge is -2.25. The van der Waals surface area contributed by atoms with Crippen LogP contribution in [0.5, 0.6) is 0 Å². The van der Waals surface area contributed by atoms with Crippen molar-refractivity contribution in [1.29, 1.82) is 0 Å². The molecule has 0 spiro atoms. The molecule has 1 aromatic rings. The van der Waals surface area contributed by atoms with E-state index in [1.165, 1.54) is 0 Å². The predicted molar refractivity (Wildman–Crippen MR) is 54.6 cm³/mol. The second-order valence-electron chi connectivity index (χ2n) is 4.26. The van der Waals surface area contributed by atoms with E-state index >= 15 is 0 Å². The highest BCUT2D eigenvalue weighted by Crippen LogP contribution is 2.26. The Hall–Kier alpha value is -1.36. The minimum Gasteiger partial charge on any atom is -0.479 e. The summed E-state index contributed by atoms with van der Waals surface area (Å²) < 4.78 is 1.66. The summed E-state index contributed by atoms with van der Waals surface area (Å²) in [5.74, 6) is -1.23. The molecule has 5 nitrogen and oxygen atoms in total. The van der Waals surface area contributed by atoms with Gasteiger partial charge in [0.25, 0.3) is 0 Å². The summed E-state index contributed by atoms with van der Waals surface area (Å²) in [5.41, 5.74) is 0.616. The van der Waals surface area contributed by atoms with Gasteiger partial charge >= 0.3 is 5.97 Å². The topological polar surface area (TPSA) is 75.3 Å². The quantitative estimate of drug-likeness (QED) is 0.762. The molecule has 2 N–H and O–H groups in total. The zero-order chi connectivity index (χ0) is 11.8. The number of aryl methyl sites for hydroxylation is 2. The van der Waals surface area contributed by atoms with Gasteiger partial charge in [-0.15, -0.1) is 0 Å². The first-order valence-corrected chi connectivity index (χ1v) is 4.69. The summed E-state index contributed by atoms with van der Waals surface area (Å²) in [6.07, 6.45) is -1.45. The third kappa shape index (κ3) is 2.02. The highest BCUT2D eigenvalue weighted by molar-refractivity contribution is 5.74. The summed E-state index contributed by atoms with van der Waals surface area (Å²) in [5, 5.41) is 22.5. The molecule has 1 aromatic heterocycles. The minimum absolute atomic E-state index is 0.581. The number of hydrogen-bond acceptors (Lipinski definition) is 3. The second-order valence-corrected chi connectivity index (χ2v) is 4.26. The molecule has 0 bridgehead atoms. The third-order valence-electron chi connectivity index (χ3n) is 2.69.